The Labute approximate surface area is 217 Å². The fraction of sp³-hybridized carbons (Fsp3) is 0.393. The van der Waals surface area contributed by atoms with Gasteiger partial charge >= 0.3 is 11.9 Å². The van der Waals surface area contributed by atoms with E-state index in [1.165, 1.54) is 12.1 Å². The molecule has 2 aliphatic carbocycles. The van der Waals surface area contributed by atoms with Gasteiger partial charge in [-0.25, -0.2) is 4.79 Å². The van der Waals surface area contributed by atoms with Crippen LogP contribution in [0.2, 0.25) is 0 Å². The molecule has 2 saturated carbocycles. The van der Waals surface area contributed by atoms with Gasteiger partial charge < -0.3 is 19.5 Å². The van der Waals surface area contributed by atoms with Gasteiger partial charge in [0.2, 0.25) is 5.91 Å². The standard InChI is InChI=1S/C28H28BrNO6/c29-24-21-13-18(5-10-22(21)36-25(24)19-6-8-20(9-7-19)26(32)33)15-30(23(31)14-17-3-4-17)16-28(27(34)35)11-1-2-12-28/h5-10,13,17H,1-4,11-12,14-16H2,(H,32,33)(H,34,35). The number of benzene rings is 2. The second-order valence-corrected chi connectivity index (χ2v) is 10.9. The number of carbonyl (C=O) groups excluding carboxylic acids is 1. The van der Waals surface area contributed by atoms with Crippen molar-refractivity contribution in [1.29, 1.82) is 0 Å². The van der Waals surface area contributed by atoms with E-state index in [0.717, 1.165) is 46.7 Å². The third-order valence-electron chi connectivity index (χ3n) is 7.48. The summed E-state index contributed by atoms with van der Waals surface area (Å²) in [6, 6.07) is 12.2. The number of carboxylic acid groups (broad SMARTS) is 2. The lowest BCUT2D eigenvalue weighted by atomic mass is 9.85. The van der Waals surface area contributed by atoms with Crippen molar-refractivity contribution < 1.29 is 29.0 Å². The molecule has 3 aromatic rings. The van der Waals surface area contributed by atoms with Crippen LogP contribution >= 0.6 is 15.9 Å². The predicted molar refractivity (Wildman–Crippen MR) is 138 cm³/mol. The first-order valence-electron chi connectivity index (χ1n) is 12.3. The van der Waals surface area contributed by atoms with Gasteiger partial charge in [0, 0.05) is 30.5 Å². The molecule has 0 radical (unpaired) electrons. The van der Waals surface area contributed by atoms with E-state index in [1.807, 2.05) is 18.2 Å². The minimum atomic E-state index is -0.988. The first kappa shape index (κ1) is 24.6. The van der Waals surface area contributed by atoms with Crippen LogP contribution in [0.15, 0.2) is 51.4 Å². The molecule has 1 aromatic heterocycles. The van der Waals surface area contributed by atoms with Crippen LogP contribution in [-0.2, 0) is 16.1 Å². The Bertz CT molecular complexity index is 1320. The second-order valence-electron chi connectivity index (χ2n) is 10.1. The van der Waals surface area contributed by atoms with Crippen molar-refractivity contribution in [3.63, 3.8) is 0 Å². The molecule has 0 unspecified atom stereocenters. The Morgan fingerprint density at radius 1 is 1.03 bits per heavy atom. The summed E-state index contributed by atoms with van der Waals surface area (Å²) in [5.41, 5.74) is 1.65. The Balaban J connectivity index is 1.43. The molecular weight excluding hydrogens is 526 g/mol. The van der Waals surface area contributed by atoms with E-state index in [1.54, 1.807) is 17.0 Å². The first-order valence-corrected chi connectivity index (χ1v) is 13.1. The number of fused-ring (bicyclic) bond motifs is 1. The van der Waals surface area contributed by atoms with Gasteiger partial charge in [0.05, 0.1) is 15.5 Å². The van der Waals surface area contributed by atoms with E-state index < -0.39 is 17.4 Å². The summed E-state index contributed by atoms with van der Waals surface area (Å²) in [6.07, 6.45) is 5.56. The van der Waals surface area contributed by atoms with Crippen LogP contribution in [0.3, 0.4) is 0 Å². The third-order valence-corrected chi connectivity index (χ3v) is 8.27. The molecule has 7 nitrogen and oxygen atoms in total. The number of halogens is 1. The number of rotatable bonds is 9. The van der Waals surface area contributed by atoms with Crippen molar-refractivity contribution in [3.05, 3.63) is 58.1 Å². The monoisotopic (exact) mass is 553 g/mol. The molecule has 0 atom stereocenters. The van der Waals surface area contributed by atoms with Crippen LogP contribution in [0.5, 0.6) is 0 Å². The molecule has 5 rings (SSSR count). The molecule has 0 bridgehead atoms. The van der Waals surface area contributed by atoms with Crippen LogP contribution in [-0.4, -0.2) is 39.5 Å². The van der Waals surface area contributed by atoms with Crippen LogP contribution in [0.4, 0.5) is 0 Å². The maximum absolute atomic E-state index is 13.2. The first-order chi connectivity index (χ1) is 17.3. The fourth-order valence-electron chi connectivity index (χ4n) is 5.17. The van der Waals surface area contributed by atoms with E-state index >= 15 is 0 Å². The smallest absolute Gasteiger partial charge is 0.335 e. The van der Waals surface area contributed by atoms with Gasteiger partial charge in [-0.05, 0) is 77.4 Å². The van der Waals surface area contributed by atoms with Crippen LogP contribution in [0.1, 0.15) is 60.9 Å². The highest BCUT2D eigenvalue weighted by molar-refractivity contribution is 9.10. The number of aromatic carboxylic acids is 1. The Morgan fingerprint density at radius 2 is 1.72 bits per heavy atom. The summed E-state index contributed by atoms with van der Waals surface area (Å²) >= 11 is 3.64. The van der Waals surface area contributed by atoms with Crippen molar-refractivity contribution in [3.8, 4) is 11.3 Å². The molecule has 0 aliphatic heterocycles. The van der Waals surface area contributed by atoms with Gasteiger partial charge in [0.25, 0.3) is 0 Å². The number of nitrogens with zero attached hydrogens (tertiary/aromatic N) is 1. The molecule has 0 saturated heterocycles. The Hall–Kier alpha value is -3.13. The van der Waals surface area contributed by atoms with Crippen molar-refractivity contribution in [2.24, 2.45) is 11.3 Å². The van der Waals surface area contributed by atoms with E-state index in [4.69, 9.17) is 9.52 Å². The molecule has 8 heteroatoms. The highest BCUT2D eigenvalue weighted by Crippen LogP contribution is 2.41. The lowest BCUT2D eigenvalue weighted by molar-refractivity contribution is -0.151. The van der Waals surface area contributed by atoms with Crippen LogP contribution in [0.25, 0.3) is 22.3 Å². The quantitative estimate of drug-likeness (QED) is 0.320. The minimum absolute atomic E-state index is 0.0237. The van der Waals surface area contributed by atoms with E-state index in [0.29, 0.717) is 43.1 Å². The van der Waals surface area contributed by atoms with Gasteiger partial charge in [0.1, 0.15) is 11.3 Å². The van der Waals surface area contributed by atoms with Gasteiger partial charge in [-0.2, -0.15) is 0 Å². The maximum atomic E-state index is 13.2. The number of amides is 1. The van der Waals surface area contributed by atoms with Crippen molar-refractivity contribution in [2.75, 3.05) is 6.54 Å². The molecule has 36 heavy (non-hydrogen) atoms. The molecular formula is C28H28BrNO6. The van der Waals surface area contributed by atoms with Gasteiger partial charge in [-0.1, -0.05) is 31.0 Å². The summed E-state index contributed by atoms with van der Waals surface area (Å²) in [5, 5.41) is 20.0. The number of aliphatic carboxylic acids is 1. The molecule has 2 aromatic carbocycles. The second kappa shape index (κ2) is 9.73. The summed E-state index contributed by atoms with van der Waals surface area (Å²) in [7, 11) is 0. The third kappa shape index (κ3) is 4.91. The topological polar surface area (TPSA) is 108 Å². The summed E-state index contributed by atoms with van der Waals surface area (Å²) in [4.78, 5) is 38.3. The van der Waals surface area contributed by atoms with E-state index in [-0.39, 0.29) is 18.0 Å². The number of hydrogen-bond acceptors (Lipinski definition) is 4. The lowest BCUT2D eigenvalue weighted by Crippen LogP contribution is -2.44. The Kier molecular flexibility index (Phi) is 6.64. The number of carboxylic acids is 2. The molecule has 188 valence electrons. The van der Waals surface area contributed by atoms with Gasteiger partial charge in [-0.3, -0.25) is 9.59 Å². The van der Waals surface area contributed by atoms with Crippen molar-refractivity contribution in [1.82, 2.24) is 4.90 Å². The number of hydrogen-bond donors (Lipinski definition) is 2. The Morgan fingerprint density at radius 3 is 2.33 bits per heavy atom. The molecule has 1 heterocycles. The average molecular weight is 554 g/mol. The molecule has 1 amide bonds. The predicted octanol–water partition coefficient (Wildman–Crippen LogP) is 6.33. The largest absolute Gasteiger partial charge is 0.481 e. The zero-order valence-electron chi connectivity index (χ0n) is 19.8. The van der Waals surface area contributed by atoms with Crippen molar-refractivity contribution in [2.45, 2.75) is 51.5 Å². The van der Waals surface area contributed by atoms with Crippen LogP contribution in [0, 0.1) is 11.3 Å². The zero-order valence-corrected chi connectivity index (χ0v) is 21.4. The van der Waals surface area contributed by atoms with Gasteiger partial charge in [0.15, 0.2) is 0 Å². The van der Waals surface area contributed by atoms with E-state index in [2.05, 4.69) is 15.9 Å². The normalized spacial score (nSPS) is 16.8. The molecule has 0 spiro atoms. The fourth-order valence-corrected chi connectivity index (χ4v) is 5.79. The molecule has 2 aliphatic rings. The minimum Gasteiger partial charge on any atom is -0.481 e. The lowest BCUT2D eigenvalue weighted by Gasteiger charge is -2.32. The maximum Gasteiger partial charge on any atom is 0.335 e. The highest BCUT2D eigenvalue weighted by Gasteiger charge is 2.44. The van der Waals surface area contributed by atoms with Gasteiger partial charge in [-0.15, -0.1) is 0 Å². The molecule has 2 fully saturated rings. The SMILES string of the molecule is O=C(O)c1ccc(-c2oc3ccc(CN(CC4(C(=O)O)CCCC4)C(=O)CC4CC4)cc3c2Br)cc1. The van der Waals surface area contributed by atoms with Crippen LogP contribution < -0.4 is 0 Å². The number of furan rings is 1. The average Bonchev–Trinajstić information content (AvgIpc) is 3.43. The zero-order chi connectivity index (χ0) is 25.4. The summed E-state index contributed by atoms with van der Waals surface area (Å²) in [6.45, 7) is 0.580. The van der Waals surface area contributed by atoms with E-state index in [9.17, 15) is 19.5 Å². The highest BCUT2D eigenvalue weighted by atomic mass is 79.9. The van der Waals surface area contributed by atoms with Crippen molar-refractivity contribution >= 4 is 44.7 Å². The summed E-state index contributed by atoms with van der Waals surface area (Å²) < 4.78 is 6.80. The summed E-state index contributed by atoms with van der Waals surface area (Å²) in [5.74, 6) is -0.759. The molecule has 2 N–H and O–H groups in total. The number of carbonyl (C=O) groups is 3.